The highest BCUT2D eigenvalue weighted by Crippen LogP contribution is 2.35. The van der Waals surface area contributed by atoms with Crippen LogP contribution in [0.4, 0.5) is 0 Å². The molecule has 1 N–H and O–H groups in total. The van der Waals surface area contributed by atoms with Gasteiger partial charge >= 0.3 is 5.97 Å². The molecule has 138 valence electrons. The number of carboxylic acids is 1. The first-order valence-corrected chi connectivity index (χ1v) is 9.49. The molecule has 3 rings (SSSR count). The lowest BCUT2D eigenvalue weighted by Gasteiger charge is -2.24. The second-order valence-electron chi connectivity index (χ2n) is 5.99. The number of nitrogens with zero attached hydrogens (tertiary/aromatic N) is 1. The maximum atomic E-state index is 13.0. The number of thiophene rings is 1. The Balaban J connectivity index is 1.82. The summed E-state index contributed by atoms with van der Waals surface area (Å²) in [7, 11) is 0. The molecule has 6 nitrogen and oxygen atoms in total. The van der Waals surface area contributed by atoms with E-state index in [9.17, 15) is 9.59 Å². The molecule has 7 heteroatoms. The molecule has 0 saturated carbocycles. The SMILES string of the molecule is CCOc1cc(C(=O)N2CCCC2c2ccsc2)ccc1OCC(=O)O. The van der Waals surface area contributed by atoms with Crippen molar-refractivity contribution in [3.8, 4) is 11.5 Å². The van der Waals surface area contributed by atoms with Crippen molar-refractivity contribution in [3.05, 3.63) is 46.2 Å². The van der Waals surface area contributed by atoms with Crippen molar-refractivity contribution >= 4 is 23.2 Å². The quantitative estimate of drug-likeness (QED) is 0.800. The van der Waals surface area contributed by atoms with Crippen molar-refractivity contribution in [2.24, 2.45) is 0 Å². The lowest BCUT2D eigenvalue weighted by molar-refractivity contribution is -0.139. The van der Waals surface area contributed by atoms with E-state index in [4.69, 9.17) is 14.6 Å². The van der Waals surface area contributed by atoms with E-state index in [-0.39, 0.29) is 11.9 Å². The number of likely N-dealkylation sites (tertiary alicyclic amines) is 1. The molecule has 2 heterocycles. The molecule has 1 aliphatic heterocycles. The van der Waals surface area contributed by atoms with Crippen LogP contribution in [0.3, 0.4) is 0 Å². The van der Waals surface area contributed by atoms with E-state index < -0.39 is 12.6 Å². The van der Waals surface area contributed by atoms with E-state index >= 15 is 0 Å². The van der Waals surface area contributed by atoms with Crippen LogP contribution in [0.1, 0.15) is 41.7 Å². The number of aliphatic carboxylic acids is 1. The van der Waals surface area contributed by atoms with E-state index in [0.29, 0.717) is 23.7 Å². The highest BCUT2D eigenvalue weighted by Gasteiger charge is 2.31. The molecule has 1 fully saturated rings. The molecule has 1 unspecified atom stereocenters. The number of carbonyl (C=O) groups excluding carboxylic acids is 1. The van der Waals surface area contributed by atoms with Crippen LogP contribution >= 0.6 is 11.3 Å². The molecular weight excluding hydrogens is 354 g/mol. The molecule has 1 atom stereocenters. The van der Waals surface area contributed by atoms with Gasteiger partial charge in [0, 0.05) is 12.1 Å². The topological polar surface area (TPSA) is 76.1 Å². The minimum atomic E-state index is -1.07. The fraction of sp³-hybridized carbons (Fsp3) is 0.368. The summed E-state index contributed by atoms with van der Waals surface area (Å²) in [5.41, 5.74) is 1.69. The molecule has 0 radical (unpaired) electrons. The van der Waals surface area contributed by atoms with Gasteiger partial charge < -0.3 is 19.5 Å². The minimum Gasteiger partial charge on any atom is -0.490 e. The van der Waals surface area contributed by atoms with E-state index in [1.807, 2.05) is 17.2 Å². The molecule has 2 aromatic rings. The van der Waals surface area contributed by atoms with Crippen molar-refractivity contribution in [3.63, 3.8) is 0 Å². The van der Waals surface area contributed by atoms with Crippen molar-refractivity contribution in [2.45, 2.75) is 25.8 Å². The Morgan fingerprint density at radius 1 is 1.27 bits per heavy atom. The standard InChI is InChI=1S/C19H21NO5S/c1-2-24-17-10-13(5-6-16(17)25-11-18(21)22)19(23)20-8-3-4-15(20)14-7-9-26-12-14/h5-7,9-10,12,15H,2-4,8,11H2,1H3,(H,21,22). The van der Waals surface area contributed by atoms with Crippen molar-refractivity contribution < 1.29 is 24.2 Å². The zero-order valence-electron chi connectivity index (χ0n) is 14.5. The van der Waals surface area contributed by atoms with Gasteiger partial charge in [-0.1, -0.05) is 0 Å². The van der Waals surface area contributed by atoms with Gasteiger partial charge in [0.2, 0.25) is 0 Å². The predicted octanol–water partition coefficient (Wildman–Crippen LogP) is 3.59. The van der Waals surface area contributed by atoms with Gasteiger partial charge in [0.25, 0.3) is 5.91 Å². The Hall–Kier alpha value is -2.54. The molecule has 1 saturated heterocycles. The van der Waals surface area contributed by atoms with Crippen LogP contribution in [0.15, 0.2) is 35.0 Å². The number of benzene rings is 1. The van der Waals surface area contributed by atoms with Crippen LogP contribution in [0.5, 0.6) is 11.5 Å². The number of rotatable bonds is 7. The van der Waals surface area contributed by atoms with Gasteiger partial charge in [-0.25, -0.2) is 4.79 Å². The second kappa shape index (κ2) is 8.23. The normalized spacial score (nSPS) is 16.5. The second-order valence-corrected chi connectivity index (χ2v) is 6.77. The fourth-order valence-electron chi connectivity index (χ4n) is 3.15. The largest absolute Gasteiger partial charge is 0.490 e. The Labute approximate surface area is 156 Å². The maximum absolute atomic E-state index is 13.0. The van der Waals surface area contributed by atoms with Crippen LogP contribution in [0.25, 0.3) is 0 Å². The fourth-order valence-corrected chi connectivity index (χ4v) is 3.86. The Morgan fingerprint density at radius 3 is 2.81 bits per heavy atom. The third-order valence-electron chi connectivity index (χ3n) is 4.28. The Bertz CT molecular complexity index is 774. The number of carboxylic acid groups (broad SMARTS) is 1. The van der Waals surface area contributed by atoms with Crippen molar-refractivity contribution in [1.29, 1.82) is 0 Å². The highest BCUT2D eigenvalue weighted by atomic mass is 32.1. The Morgan fingerprint density at radius 2 is 2.12 bits per heavy atom. The number of ether oxygens (including phenoxy) is 2. The number of hydrogen-bond acceptors (Lipinski definition) is 5. The lowest BCUT2D eigenvalue weighted by Crippen LogP contribution is -2.30. The summed E-state index contributed by atoms with van der Waals surface area (Å²) in [5, 5.41) is 12.9. The molecule has 1 aliphatic rings. The van der Waals surface area contributed by atoms with Crippen molar-refractivity contribution in [2.75, 3.05) is 19.8 Å². The van der Waals surface area contributed by atoms with Crippen molar-refractivity contribution in [1.82, 2.24) is 4.90 Å². The van der Waals surface area contributed by atoms with Gasteiger partial charge in [0.05, 0.1) is 12.6 Å². The summed E-state index contributed by atoms with van der Waals surface area (Å²) < 4.78 is 10.8. The van der Waals surface area contributed by atoms with Gasteiger partial charge in [-0.2, -0.15) is 11.3 Å². The first-order chi connectivity index (χ1) is 12.6. The first kappa shape index (κ1) is 18.3. The van der Waals surface area contributed by atoms with Crippen LogP contribution in [-0.2, 0) is 4.79 Å². The van der Waals surface area contributed by atoms with Gasteiger partial charge in [-0.15, -0.1) is 0 Å². The number of carbonyl (C=O) groups is 2. The van der Waals surface area contributed by atoms with Crippen LogP contribution in [0.2, 0.25) is 0 Å². The third kappa shape index (κ3) is 3.99. The number of amides is 1. The third-order valence-corrected chi connectivity index (χ3v) is 4.98. The predicted molar refractivity (Wildman–Crippen MR) is 98.1 cm³/mol. The minimum absolute atomic E-state index is 0.0514. The molecule has 1 amide bonds. The average molecular weight is 375 g/mol. The van der Waals surface area contributed by atoms with E-state index in [1.165, 1.54) is 5.56 Å². The summed E-state index contributed by atoms with van der Waals surface area (Å²) in [5.74, 6) is -0.416. The van der Waals surface area contributed by atoms with Crippen LogP contribution in [-0.4, -0.2) is 41.6 Å². The molecule has 0 bridgehead atoms. The smallest absolute Gasteiger partial charge is 0.341 e. The number of hydrogen-bond donors (Lipinski definition) is 1. The van der Waals surface area contributed by atoms with Gasteiger partial charge in [-0.05, 0) is 60.4 Å². The van der Waals surface area contributed by atoms with Crippen LogP contribution < -0.4 is 9.47 Å². The van der Waals surface area contributed by atoms with Gasteiger partial charge in [0.15, 0.2) is 18.1 Å². The van der Waals surface area contributed by atoms with E-state index in [1.54, 1.807) is 29.5 Å². The molecule has 0 spiro atoms. The Kier molecular flexibility index (Phi) is 5.78. The molecule has 1 aromatic carbocycles. The molecule has 26 heavy (non-hydrogen) atoms. The molecule has 1 aromatic heterocycles. The zero-order valence-corrected chi connectivity index (χ0v) is 15.3. The van der Waals surface area contributed by atoms with E-state index in [2.05, 4.69) is 11.4 Å². The molecular formula is C19H21NO5S. The van der Waals surface area contributed by atoms with E-state index in [0.717, 1.165) is 19.4 Å². The molecule has 0 aliphatic carbocycles. The first-order valence-electron chi connectivity index (χ1n) is 8.54. The average Bonchev–Trinajstić information content (AvgIpc) is 3.31. The summed E-state index contributed by atoms with van der Waals surface area (Å²) >= 11 is 1.63. The lowest BCUT2D eigenvalue weighted by atomic mass is 10.1. The van der Waals surface area contributed by atoms with Gasteiger partial charge in [-0.3, -0.25) is 4.79 Å². The summed E-state index contributed by atoms with van der Waals surface area (Å²) in [6.45, 7) is 2.48. The summed E-state index contributed by atoms with van der Waals surface area (Å²) in [4.78, 5) is 25.6. The summed E-state index contributed by atoms with van der Waals surface area (Å²) in [6, 6.07) is 7.05. The highest BCUT2D eigenvalue weighted by molar-refractivity contribution is 7.08. The summed E-state index contributed by atoms with van der Waals surface area (Å²) in [6.07, 6.45) is 1.94. The van der Waals surface area contributed by atoms with Gasteiger partial charge in [0.1, 0.15) is 0 Å². The van der Waals surface area contributed by atoms with Crippen LogP contribution in [0, 0.1) is 0 Å². The zero-order chi connectivity index (χ0) is 18.5. The monoisotopic (exact) mass is 375 g/mol. The maximum Gasteiger partial charge on any atom is 0.341 e.